The first-order valence-corrected chi connectivity index (χ1v) is 6.99. The van der Waals surface area contributed by atoms with Crippen LogP contribution >= 0.6 is 0 Å². The van der Waals surface area contributed by atoms with Gasteiger partial charge < -0.3 is 15.7 Å². The summed E-state index contributed by atoms with van der Waals surface area (Å²) in [5, 5.41) is 8.65. The van der Waals surface area contributed by atoms with Crippen LogP contribution in [0.15, 0.2) is 24.3 Å². The highest BCUT2D eigenvalue weighted by Crippen LogP contribution is 2.29. The zero-order valence-electron chi connectivity index (χ0n) is 11.7. The van der Waals surface area contributed by atoms with Crippen molar-refractivity contribution in [3.8, 4) is 0 Å². The van der Waals surface area contributed by atoms with E-state index in [1.807, 2.05) is 0 Å². The predicted octanol–water partition coefficient (Wildman–Crippen LogP) is 1.51. The zero-order valence-corrected chi connectivity index (χ0v) is 11.7. The summed E-state index contributed by atoms with van der Waals surface area (Å²) < 4.78 is 13.2. The number of carboxylic acid groups (broad SMARTS) is 1. The molecule has 3 N–H and O–H groups in total. The number of amides is 1. The van der Waals surface area contributed by atoms with E-state index in [0.29, 0.717) is 12.1 Å². The van der Waals surface area contributed by atoms with E-state index in [1.54, 1.807) is 17.0 Å². The number of aliphatic carboxylic acids is 1. The molecule has 1 aliphatic carbocycles. The normalized spacial score (nSPS) is 15.5. The minimum absolute atomic E-state index is 0.112. The summed E-state index contributed by atoms with van der Waals surface area (Å²) in [7, 11) is 0. The second-order valence-electron chi connectivity index (χ2n) is 5.37. The number of halogens is 1. The van der Waals surface area contributed by atoms with Gasteiger partial charge in [0.25, 0.3) is 0 Å². The third-order valence-corrected chi connectivity index (χ3v) is 3.50. The van der Waals surface area contributed by atoms with Gasteiger partial charge in [0.1, 0.15) is 5.82 Å². The van der Waals surface area contributed by atoms with Crippen molar-refractivity contribution in [3.63, 3.8) is 0 Å². The van der Waals surface area contributed by atoms with Crippen molar-refractivity contribution in [1.29, 1.82) is 0 Å². The van der Waals surface area contributed by atoms with Crippen LogP contribution in [0.1, 0.15) is 31.2 Å². The predicted molar refractivity (Wildman–Crippen MR) is 74.8 cm³/mol. The molecule has 1 fully saturated rings. The van der Waals surface area contributed by atoms with Gasteiger partial charge in [0.2, 0.25) is 5.91 Å². The number of nitrogens with two attached hydrogens (primary N) is 1. The summed E-state index contributed by atoms with van der Waals surface area (Å²) in [5.74, 6) is -1.57. The molecule has 6 heteroatoms. The Hall–Kier alpha value is -1.95. The van der Waals surface area contributed by atoms with Gasteiger partial charge in [-0.3, -0.25) is 9.59 Å². The van der Waals surface area contributed by atoms with Crippen molar-refractivity contribution >= 4 is 11.9 Å². The van der Waals surface area contributed by atoms with E-state index in [4.69, 9.17) is 10.8 Å². The van der Waals surface area contributed by atoms with E-state index in [1.165, 1.54) is 12.1 Å². The van der Waals surface area contributed by atoms with Crippen LogP contribution in [0.5, 0.6) is 0 Å². The number of hydrogen-bond acceptors (Lipinski definition) is 3. The maximum absolute atomic E-state index is 13.2. The van der Waals surface area contributed by atoms with Gasteiger partial charge in [0.15, 0.2) is 0 Å². The average Bonchev–Trinajstić information content (AvgIpc) is 3.26. The molecule has 114 valence electrons. The van der Waals surface area contributed by atoms with E-state index < -0.39 is 12.0 Å². The van der Waals surface area contributed by atoms with Crippen molar-refractivity contribution in [2.45, 2.75) is 44.3 Å². The quantitative estimate of drug-likeness (QED) is 0.798. The first kappa shape index (κ1) is 15.4. The van der Waals surface area contributed by atoms with Crippen LogP contribution in [0.3, 0.4) is 0 Å². The first-order valence-electron chi connectivity index (χ1n) is 6.99. The molecule has 5 nitrogen and oxygen atoms in total. The molecule has 0 saturated heterocycles. The standard InChI is InChI=1S/C15H19FN2O3/c16-11-3-1-2-10(8-11)9-18(12-4-5-12)15(21)13(17)6-7-14(19)20/h1-3,8,12-13H,4-7,9,17H2,(H,19,20). The summed E-state index contributed by atoms with van der Waals surface area (Å²) in [5.41, 5.74) is 6.50. The maximum Gasteiger partial charge on any atom is 0.303 e. The summed E-state index contributed by atoms with van der Waals surface area (Å²) >= 11 is 0. The molecule has 1 amide bonds. The van der Waals surface area contributed by atoms with Crippen LogP contribution in [-0.4, -0.2) is 34.0 Å². The fraction of sp³-hybridized carbons (Fsp3) is 0.467. The van der Waals surface area contributed by atoms with Gasteiger partial charge in [-0.15, -0.1) is 0 Å². The largest absolute Gasteiger partial charge is 0.481 e. The van der Waals surface area contributed by atoms with Crippen molar-refractivity contribution in [1.82, 2.24) is 4.90 Å². The van der Waals surface area contributed by atoms with E-state index >= 15 is 0 Å². The Bertz CT molecular complexity index is 531. The van der Waals surface area contributed by atoms with Crippen LogP contribution in [0.2, 0.25) is 0 Å². The minimum Gasteiger partial charge on any atom is -0.481 e. The van der Waals surface area contributed by atoms with Gasteiger partial charge in [0, 0.05) is 19.0 Å². The van der Waals surface area contributed by atoms with E-state index in [2.05, 4.69) is 0 Å². The van der Waals surface area contributed by atoms with E-state index in [0.717, 1.165) is 12.8 Å². The van der Waals surface area contributed by atoms with Gasteiger partial charge in [-0.05, 0) is 37.0 Å². The van der Waals surface area contributed by atoms with E-state index in [9.17, 15) is 14.0 Å². The van der Waals surface area contributed by atoms with Crippen LogP contribution in [-0.2, 0) is 16.1 Å². The van der Waals surface area contributed by atoms with Gasteiger partial charge in [0.05, 0.1) is 6.04 Å². The molecule has 1 atom stereocenters. The van der Waals surface area contributed by atoms with Gasteiger partial charge >= 0.3 is 5.97 Å². The fourth-order valence-electron chi connectivity index (χ4n) is 2.22. The average molecular weight is 294 g/mol. The van der Waals surface area contributed by atoms with Crippen molar-refractivity contribution in [2.75, 3.05) is 0 Å². The monoisotopic (exact) mass is 294 g/mol. The number of rotatable bonds is 7. The number of carbonyl (C=O) groups is 2. The molecule has 0 heterocycles. The van der Waals surface area contributed by atoms with Gasteiger partial charge in [-0.2, -0.15) is 0 Å². The number of hydrogen-bond donors (Lipinski definition) is 2. The zero-order chi connectivity index (χ0) is 15.4. The van der Waals surface area contributed by atoms with Crippen LogP contribution in [0, 0.1) is 5.82 Å². The summed E-state index contributed by atoms with van der Waals surface area (Å²) in [6.07, 6.45) is 1.80. The second kappa shape index (κ2) is 6.67. The lowest BCUT2D eigenvalue weighted by molar-refractivity contribution is -0.138. The second-order valence-corrected chi connectivity index (χ2v) is 5.37. The van der Waals surface area contributed by atoms with Crippen molar-refractivity contribution in [3.05, 3.63) is 35.6 Å². The van der Waals surface area contributed by atoms with Gasteiger partial charge in [-0.1, -0.05) is 12.1 Å². The third-order valence-electron chi connectivity index (χ3n) is 3.50. The topological polar surface area (TPSA) is 83.6 Å². The molecular weight excluding hydrogens is 275 g/mol. The molecule has 0 radical (unpaired) electrons. The van der Waals surface area contributed by atoms with Crippen molar-refractivity contribution < 1.29 is 19.1 Å². The van der Waals surface area contributed by atoms with Crippen LogP contribution < -0.4 is 5.73 Å². The molecule has 0 bridgehead atoms. The molecule has 1 unspecified atom stereocenters. The SMILES string of the molecule is NC(CCC(=O)O)C(=O)N(Cc1cccc(F)c1)C1CC1. The fourth-order valence-corrected chi connectivity index (χ4v) is 2.22. The lowest BCUT2D eigenvalue weighted by Gasteiger charge is -2.25. The molecular formula is C15H19FN2O3. The summed E-state index contributed by atoms with van der Waals surface area (Å²) in [4.78, 5) is 24.5. The van der Waals surface area contributed by atoms with Crippen LogP contribution in [0.4, 0.5) is 4.39 Å². The van der Waals surface area contributed by atoms with Crippen LogP contribution in [0.25, 0.3) is 0 Å². The first-order chi connectivity index (χ1) is 9.97. The Balaban J connectivity index is 2.01. The number of benzene rings is 1. The summed E-state index contributed by atoms with van der Waals surface area (Å²) in [6, 6.07) is 5.42. The highest BCUT2D eigenvalue weighted by atomic mass is 19.1. The van der Waals surface area contributed by atoms with E-state index in [-0.39, 0.29) is 30.6 Å². The molecule has 1 aliphatic rings. The molecule has 1 aromatic carbocycles. The summed E-state index contributed by atoms with van der Waals surface area (Å²) in [6.45, 7) is 0.308. The molecule has 21 heavy (non-hydrogen) atoms. The smallest absolute Gasteiger partial charge is 0.303 e. The molecule has 0 aliphatic heterocycles. The Morgan fingerprint density at radius 1 is 1.43 bits per heavy atom. The Morgan fingerprint density at radius 3 is 2.71 bits per heavy atom. The molecule has 1 saturated carbocycles. The lowest BCUT2D eigenvalue weighted by atomic mass is 10.1. The highest BCUT2D eigenvalue weighted by molar-refractivity contribution is 5.82. The lowest BCUT2D eigenvalue weighted by Crippen LogP contribution is -2.44. The maximum atomic E-state index is 13.2. The molecule has 0 aromatic heterocycles. The Morgan fingerprint density at radius 2 is 2.14 bits per heavy atom. The number of nitrogens with zero attached hydrogens (tertiary/aromatic N) is 1. The number of carbonyl (C=O) groups excluding carboxylic acids is 1. The van der Waals surface area contributed by atoms with Gasteiger partial charge in [-0.25, -0.2) is 4.39 Å². The minimum atomic E-state index is -0.971. The highest BCUT2D eigenvalue weighted by Gasteiger charge is 2.34. The Labute approximate surface area is 122 Å². The molecule has 2 rings (SSSR count). The third kappa shape index (κ3) is 4.53. The Kier molecular flexibility index (Phi) is 4.90. The molecule has 1 aromatic rings. The van der Waals surface area contributed by atoms with Crippen molar-refractivity contribution in [2.24, 2.45) is 5.73 Å². The molecule has 0 spiro atoms. The number of carboxylic acids is 1.